The zero-order valence-electron chi connectivity index (χ0n) is 73.6. The number of aliphatic hydroxyl groups excluding tert-OH is 1. The Balaban J connectivity index is 0.000000249. The molecule has 3 heterocycles. The van der Waals surface area contributed by atoms with Gasteiger partial charge in [-0.15, -0.1) is 19.3 Å². The van der Waals surface area contributed by atoms with Gasteiger partial charge in [0.25, 0.3) is 0 Å². The van der Waals surface area contributed by atoms with Crippen LogP contribution in [-0.4, -0.2) is 259 Å². The number of carbonyl (C=O) groups excluding carboxylic acids is 1. The third kappa shape index (κ3) is 41.8. The van der Waals surface area contributed by atoms with Crippen molar-refractivity contribution in [3.05, 3.63) is 205 Å². The number of ether oxygens (including phenoxy) is 19. The number of carbonyl (C=O) groups is 1. The largest absolute Gasteiger partial charge is 0.504 e. The lowest BCUT2D eigenvalue weighted by Gasteiger charge is -2.14. The van der Waals surface area contributed by atoms with E-state index < -0.39 is 5.97 Å². The minimum absolute atomic E-state index is 0.000376. The Morgan fingerprint density at radius 2 is 0.700 bits per heavy atom. The number of nitrogens with zero attached hydrogens (tertiary/aromatic N) is 6. The highest BCUT2D eigenvalue weighted by Crippen LogP contribution is 2.38. The highest BCUT2D eigenvalue weighted by Gasteiger charge is 2.17. The van der Waals surface area contributed by atoms with Crippen LogP contribution in [0, 0.1) is 54.5 Å². The van der Waals surface area contributed by atoms with Crippen molar-refractivity contribution in [3.63, 3.8) is 0 Å². The second kappa shape index (κ2) is 65.5. The number of nitrogens with one attached hydrogen (secondary N) is 3. The molecular weight excluding hydrogens is 1690 g/mol. The first-order chi connectivity index (χ1) is 63.6. The number of fused-ring (bicyclic) bond motifs is 3. The van der Waals surface area contributed by atoms with E-state index in [2.05, 4.69) is 75.3 Å². The third-order valence-corrected chi connectivity index (χ3v) is 16.9. The molecule has 35 heteroatoms. The number of aromatic nitrogens is 6. The summed E-state index contributed by atoms with van der Waals surface area (Å²) >= 11 is 0. The predicted molar refractivity (Wildman–Crippen MR) is 485 cm³/mol. The van der Waals surface area contributed by atoms with Crippen molar-refractivity contribution in [2.45, 2.75) is 20.0 Å². The second-order valence-electron chi connectivity index (χ2n) is 26.2. The molecule has 0 amide bonds. The average Bonchev–Trinajstić information content (AvgIpc) is 0.827. The van der Waals surface area contributed by atoms with Crippen LogP contribution in [0.1, 0.15) is 29.3 Å². The van der Waals surface area contributed by atoms with E-state index in [4.69, 9.17) is 110 Å². The molecule has 0 aliphatic carbocycles. The average molecular weight is 1800 g/mol. The summed E-state index contributed by atoms with van der Waals surface area (Å²) < 4.78 is 140. The minimum atomic E-state index is -0.460. The first kappa shape index (κ1) is 106. The molecule has 0 spiro atoms. The molecule has 0 radical (unpaired) electrons. The van der Waals surface area contributed by atoms with Crippen LogP contribution in [0.2, 0.25) is 0 Å². The quantitative estimate of drug-likeness (QED) is 0.0117. The number of hydrogen-bond acceptors (Lipinski definition) is 32. The maximum atomic E-state index is 13.5. The van der Waals surface area contributed by atoms with Crippen LogP contribution >= 0.6 is 0 Å². The Hall–Kier alpha value is -13.0. The van der Waals surface area contributed by atoms with Gasteiger partial charge in [-0.1, -0.05) is 73.2 Å². The molecule has 0 fully saturated rings. The van der Waals surface area contributed by atoms with E-state index >= 15 is 0 Å². The lowest BCUT2D eigenvalue weighted by molar-refractivity contribution is -0.00291. The molecule has 696 valence electrons. The Morgan fingerprint density at radius 1 is 0.354 bits per heavy atom. The van der Waals surface area contributed by atoms with Crippen LogP contribution in [0.4, 0.5) is 47.7 Å². The number of halogens is 3. The molecule has 32 nitrogen and oxygen atoms in total. The number of terminal acetylenes is 3. The third-order valence-electron chi connectivity index (χ3n) is 16.9. The van der Waals surface area contributed by atoms with Gasteiger partial charge in [0.1, 0.15) is 86.9 Å². The molecule has 11 rings (SSSR count). The van der Waals surface area contributed by atoms with Crippen molar-refractivity contribution >= 4 is 73.2 Å². The molecule has 130 heavy (non-hydrogen) atoms. The van der Waals surface area contributed by atoms with Crippen molar-refractivity contribution in [3.8, 4) is 83.0 Å². The molecule has 0 bridgehead atoms. The van der Waals surface area contributed by atoms with Gasteiger partial charge in [0.2, 0.25) is 0 Å². The number of methoxy groups -OCH3 is 5. The molecule has 0 atom stereocenters. The number of anilines is 6. The fraction of sp³-hybridized carbons (Fsp3) is 0.358. The Kier molecular flexibility index (Phi) is 53.3. The van der Waals surface area contributed by atoms with Crippen LogP contribution in [0.25, 0.3) is 32.7 Å². The van der Waals surface area contributed by atoms with Gasteiger partial charge < -0.3 is 121 Å². The van der Waals surface area contributed by atoms with E-state index in [-0.39, 0.29) is 41.3 Å². The van der Waals surface area contributed by atoms with Crippen molar-refractivity contribution in [1.82, 2.24) is 29.9 Å². The number of aromatic hydroxyl groups is 2. The smallest absolute Gasteiger partial charge is 0.337 e. The van der Waals surface area contributed by atoms with E-state index in [0.29, 0.717) is 261 Å². The first-order valence-corrected chi connectivity index (χ1v) is 41.0. The summed E-state index contributed by atoms with van der Waals surface area (Å²) in [5, 5.41) is 38.8. The molecule has 8 aromatic carbocycles. The van der Waals surface area contributed by atoms with E-state index in [1.54, 1.807) is 68.8 Å². The molecule has 11 aromatic rings. The zero-order valence-corrected chi connectivity index (χ0v) is 73.6. The number of hydrogen-bond donors (Lipinski definition) is 6. The van der Waals surface area contributed by atoms with Crippen molar-refractivity contribution in [2.24, 2.45) is 0 Å². The number of phenolic OH excluding ortho intramolecular Hbond substituents is 2. The number of aliphatic hydroxyl groups is 1. The van der Waals surface area contributed by atoms with Crippen molar-refractivity contribution < 1.29 is 123 Å². The fourth-order valence-corrected chi connectivity index (χ4v) is 10.8. The number of benzene rings is 8. The standard InChI is InChI=1S/C26H30FN3O6.C22H18FN3O2.C15H12FN3O2.C12H22O4.C11H20O5.C9H10O4/c1-3-7-32-8-9-33-10-11-34-12-13-35-14-15-36-25-18-23-22(17-24(25)31-2)26(29-19-28-23)30-21-6-4-5-20(27)16-21;1-27-20-11-18-19(12-21(20)28-13-15-6-3-2-4-7-15)24-14-25-22(18)26-17-9-5-8-16(23)10-17;1-21-14-6-11-12(7-13(14)20)17-8-18-15(11)19-10-4-2-3-9(16)5-10;1-3-5-13-7-9-15-11-12-16-10-8-14-6-4-2;1-2-4-13-6-8-15-10-11-16-9-7-14-5-3-12;1-12-8-5-6(9(11)13-2)3-4-7(8)10/h1,4-6,16-19H,7-15H2,2H3,(H,28,29,30);2-12,14H,13H2,1H3,(H,24,25,26);2-8,20H,1H3,(H,17,18,19);1H,4-12H2,2H3;1,12H,3-11H2;3-5,10H,1-2H3. The molecule has 0 saturated carbocycles. The minimum Gasteiger partial charge on any atom is -0.504 e. The molecule has 0 unspecified atom stereocenters. The van der Waals surface area contributed by atoms with E-state index in [1.165, 1.54) is 101 Å². The fourth-order valence-electron chi connectivity index (χ4n) is 10.8. The van der Waals surface area contributed by atoms with Gasteiger partial charge in [-0.3, -0.25) is 0 Å². The van der Waals surface area contributed by atoms with E-state index in [0.717, 1.165) is 24.0 Å². The summed E-state index contributed by atoms with van der Waals surface area (Å²) in [5.41, 5.74) is 5.05. The van der Waals surface area contributed by atoms with Crippen LogP contribution < -0.4 is 44.4 Å². The summed E-state index contributed by atoms with van der Waals surface area (Å²) in [5.74, 6) is 10.1. The van der Waals surface area contributed by atoms with Gasteiger partial charge in [0, 0.05) is 58.0 Å². The van der Waals surface area contributed by atoms with Gasteiger partial charge in [-0.05, 0) is 103 Å². The van der Waals surface area contributed by atoms with Gasteiger partial charge >= 0.3 is 5.97 Å². The predicted octanol–water partition coefficient (Wildman–Crippen LogP) is 13.9. The SMILES string of the molecule is C#CCOCCOCCOCCOCCC.C#CCOCCOCCOCCOCCO.C#CCOCCOCCOCCOCCOc1cc2ncnc(Nc3cccc(F)c3)c2cc1OC.COC(=O)c1ccc(O)c(OC)c1.COc1cc2c(Nc3cccc(F)c3)ncnc2cc1O.COc1cc2c(Nc3cccc(F)c3)ncnc2cc1OCc1ccccc1. The Morgan fingerprint density at radius 3 is 1.06 bits per heavy atom. The summed E-state index contributed by atoms with van der Waals surface area (Å²) in [4.78, 5) is 36.5. The number of rotatable bonds is 52. The van der Waals surface area contributed by atoms with Crippen molar-refractivity contribution in [1.29, 1.82) is 0 Å². The molecule has 6 N–H and O–H groups in total. The highest BCUT2D eigenvalue weighted by molar-refractivity contribution is 5.95. The van der Waals surface area contributed by atoms with Crippen LogP contribution in [0.3, 0.4) is 0 Å². The molecule has 3 aromatic heterocycles. The Labute approximate surface area is 754 Å². The summed E-state index contributed by atoms with van der Waals surface area (Å²) in [7, 11) is 7.31. The maximum Gasteiger partial charge on any atom is 0.337 e. The van der Waals surface area contributed by atoms with Gasteiger partial charge in [-0.25, -0.2) is 47.9 Å². The van der Waals surface area contributed by atoms with Crippen LogP contribution in [-0.2, 0) is 68.2 Å². The molecule has 0 saturated heterocycles. The van der Waals surface area contributed by atoms with Gasteiger partial charge in [0.05, 0.1) is 196 Å². The number of phenols is 2. The molecule has 0 aliphatic heterocycles. The summed E-state index contributed by atoms with van der Waals surface area (Å²) in [6, 6.07) is 42.9. The Bertz CT molecular complexity index is 5140. The summed E-state index contributed by atoms with van der Waals surface area (Å²) in [6.45, 7) is 14.7. The molecule has 0 aliphatic rings. The van der Waals surface area contributed by atoms with E-state index in [9.17, 15) is 28.2 Å². The van der Waals surface area contributed by atoms with Crippen LogP contribution in [0.15, 0.2) is 177 Å². The van der Waals surface area contributed by atoms with Crippen LogP contribution in [0.5, 0.6) is 46.0 Å². The van der Waals surface area contributed by atoms with E-state index in [1.807, 2.05) is 42.5 Å². The van der Waals surface area contributed by atoms with Crippen molar-refractivity contribution in [2.75, 3.05) is 223 Å². The molecular formula is C95H112F3N9O23. The van der Waals surface area contributed by atoms with Gasteiger partial charge in [-0.2, -0.15) is 0 Å². The summed E-state index contributed by atoms with van der Waals surface area (Å²) in [6.07, 6.45) is 20.4. The monoisotopic (exact) mass is 1800 g/mol. The zero-order chi connectivity index (χ0) is 93.2. The number of esters is 1. The topological polar surface area (TPSA) is 367 Å². The second-order valence-corrected chi connectivity index (χ2v) is 26.2. The lowest BCUT2D eigenvalue weighted by atomic mass is 10.2. The highest BCUT2D eigenvalue weighted by atomic mass is 19.1. The van der Waals surface area contributed by atoms with Gasteiger partial charge in [0.15, 0.2) is 46.0 Å². The lowest BCUT2D eigenvalue weighted by Crippen LogP contribution is -2.14. The maximum absolute atomic E-state index is 13.5. The normalized spacial score (nSPS) is 10.5. The first-order valence-electron chi connectivity index (χ1n) is 41.0.